The van der Waals surface area contributed by atoms with Gasteiger partial charge in [-0.15, -0.1) is 11.3 Å². The van der Waals surface area contributed by atoms with E-state index in [0.29, 0.717) is 25.1 Å². The van der Waals surface area contributed by atoms with Gasteiger partial charge in [-0.05, 0) is 31.4 Å². The Morgan fingerprint density at radius 1 is 1.22 bits per heavy atom. The van der Waals surface area contributed by atoms with Crippen LogP contribution in [0.25, 0.3) is 10.6 Å². The molecule has 3 heterocycles. The number of aliphatic hydroxyl groups is 1. The Hall–Kier alpha value is -2.77. The molecule has 1 saturated carbocycles. The number of ether oxygens (including phenoxy) is 1. The number of carbonyl (C=O) groups excluding carboxylic acids is 1. The molecule has 1 aliphatic heterocycles. The molecule has 1 aromatic carbocycles. The van der Waals surface area contributed by atoms with Crippen molar-refractivity contribution < 1.29 is 14.6 Å². The maximum absolute atomic E-state index is 12.9. The summed E-state index contributed by atoms with van der Waals surface area (Å²) in [7, 11) is 0. The molecule has 2 aliphatic rings. The van der Waals surface area contributed by atoms with Gasteiger partial charge >= 0.3 is 0 Å². The summed E-state index contributed by atoms with van der Waals surface area (Å²) in [6.45, 7) is 2.59. The summed E-state index contributed by atoms with van der Waals surface area (Å²) in [5.74, 6) is 0.584. The summed E-state index contributed by atoms with van der Waals surface area (Å²) < 4.78 is 5.86. The first kappa shape index (κ1) is 21.1. The first-order valence-electron chi connectivity index (χ1n) is 11.2. The van der Waals surface area contributed by atoms with Crippen LogP contribution in [0.15, 0.2) is 35.7 Å². The SMILES string of the molecule is Cc1csc(-c2ccc(Cc3cc(C(=O)N[C@H]4CCCC[C@@H]4O)nc4c3OCC4)cc2)n1. The highest BCUT2D eigenvalue weighted by Crippen LogP contribution is 2.32. The van der Waals surface area contributed by atoms with Gasteiger partial charge in [0.05, 0.1) is 24.4 Å². The molecule has 0 bridgehead atoms. The molecule has 2 N–H and O–H groups in total. The number of carbonyl (C=O) groups is 1. The molecular formula is C25H27N3O3S. The van der Waals surface area contributed by atoms with Crippen LogP contribution < -0.4 is 10.1 Å². The van der Waals surface area contributed by atoms with Crippen molar-refractivity contribution in [1.82, 2.24) is 15.3 Å². The van der Waals surface area contributed by atoms with Gasteiger partial charge in [0, 0.05) is 35.0 Å². The minimum absolute atomic E-state index is 0.201. The van der Waals surface area contributed by atoms with Crippen LogP contribution in [-0.2, 0) is 12.8 Å². The van der Waals surface area contributed by atoms with E-state index >= 15 is 0 Å². The topological polar surface area (TPSA) is 84.3 Å². The summed E-state index contributed by atoms with van der Waals surface area (Å²) in [6.07, 6.45) is 4.45. The van der Waals surface area contributed by atoms with Crippen molar-refractivity contribution in [1.29, 1.82) is 0 Å². The third-order valence-electron chi connectivity index (χ3n) is 6.20. The molecule has 0 saturated heterocycles. The lowest BCUT2D eigenvalue weighted by atomic mass is 9.92. The van der Waals surface area contributed by atoms with E-state index in [1.165, 1.54) is 0 Å². The van der Waals surface area contributed by atoms with Gasteiger partial charge in [-0.2, -0.15) is 0 Å². The van der Waals surface area contributed by atoms with Crippen LogP contribution >= 0.6 is 11.3 Å². The fraction of sp³-hybridized carbons (Fsp3) is 0.400. The van der Waals surface area contributed by atoms with Crippen LogP contribution in [0.2, 0.25) is 0 Å². The average Bonchev–Trinajstić information content (AvgIpc) is 3.45. The van der Waals surface area contributed by atoms with E-state index in [1.54, 1.807) is 11.3 Å². The van der Waals surface area contributed by atoms with Crippen LogP contribution in [0.4, 0.5) is 0 Å². The van der Waals surface area contributed by atoms with E-state index in [0.717, 1.165) is 64.5 Å². The van der Waals surface area contributed by atoms with Gasteiger partial charge in [-0.1, -0.05) is 37.1 Å². The zero-order valence-corrected chi connectivity index (χ0v) is 19.0. The quantitative estimate of drug-likeness (QED) is 0.613. The number of fused-ring (bicyclic) bond motifs is 1. The van der Waals surface area contributed by atoms with Crippen LogP contribution in [0.5, 0.6) is 5.75 Å². The number of rotatable bonds is 5. The second-order valence-corrected chi connectivity index (χ2v) is 9.50. The van der Waals surface area contributed by atoms with Crippen molar-refractivity contribution in [2.45, 2.75) is 57.6 Å². The summed E-state index contributed by atoms with van der Waals surface area (Å²) >= 11 is 1.65. The monoisotopic (exact) mass is 449 g/mol. The van der Waals surface area contributed by atoms with Crippen molar-refractivity contribution in [3.63, 3.8) is 0 Å². The molecule has 1 aliphatic carbocycles. The third kappa shape index (κ3) is 4.40. The Bertz CT molecular complexity index is 1130. The first-order chi connectivity index (χ1) is 15.6. The highest BCUT2D eigenvalue weighted by molar-refractivity contribution is 7.13. The van der Waals surface area contributed by atoms with Gasteiger partial charge in [-0.3, -0.25) is 4.79 Å². The lowest BCUT2D eigenvalue weighted by Crippen LogP contribution is -2.45. The molecule has 5 rings (SSSR count). The molecule has 32 heavy (non-hydrogen) atoms. The number of hydrogen-bond acceptors (Lipinski definition) is 6. The van der Waals surface area contributed by atoms with Crippen LogP contribution in [-0.4, -0.2) is 39.7 Å². The highest BCUT2D eigenvalue weighted by atomic mass is 32.1. The van der Waals surface area contributed by atoms with E-state index in [-0.39, 0.29) is 11.9 Å². The molecule has 0 radical (unpaired) electrons. The number of aliphatic hydroxyl groups excluding tert-OH is 1. The number of hydrogen-bond donors (Lipinski definition) is 2. The molecule has 0 unspecified atom stereocenters. The smallest absolute Gasteiger partial charge is 0.270 e. The fourth-order valence-corrected chi connectivity index (χ4v) is 5.28. The highest BCUT2D eigenvalue weighted by Gasteiger charge is 2.27. The van der Waals surface area contributed by atoms with Gasteiger partial charge in [-0.25, -0.2) is 9.97 Å². The van der Waals surface area contributed by atoms with Crippen molar-refractivity contribution in [3.05, 3.63) is 63.9 Å². The van der Waals surface area contributed by atoms with Crippen LogP contribution in [0.3, 0.4) is 0 Å². The summed E-state index contributed by atoms with van der Waals surface area (Å²) in [5, 5.41) is 16.3. The van der Waals surface area contributed by atoms with E-state index < -0.39 is 6.10 Å². The number of nitrogens with one attached hydrogen (secondary N) is 1. The number of pyridine rings is 1. The second kappa shape index (κ2) is 9.00. The molecule has 3 aromatic rings. The Morgan fingerprint density at radius 2 is 2.03 bits per heavy atom. The molecule has 1 amide bonds. The molecule has 2 atom stereocenters. The number of benzene rings is 1. The zero-order chi connectivity index (χ0) is 22.1. The lowest BCUT2D eigenvalue weighted by molar-refractivity contribution is 0.0713. The van der Waals surface area contributed by atoms with Gasteiger partial charge < -0.3 is 15.2 Å². The number of nitrogens with zero attached hydrogens (tertiary/aromatic N) is 2. The van der Waals surface area contributed by atoms with Gasteiger partial charge in [0.25, 0.3) is 5.91 Å². The van der Waals surface area contributed by atoms with Gasteiger partial charge in [0.15, 0.2) is 0 Å². The normalized spacial score (nSPS) is 19.9. The van der Waals surface area contributed by atoms with Crippen molar-refractivity contribution in [3.8, 4) is 16.3 Å². The summed E-state index contributed by atoms with van der Waals surface area (Å²) in [4.78, 5) is 22.1. The third-order valence-corrected chi connectivity index (χ3v) is 7.21. The van der Waals surface area contributed by atoms with E-state index in [2.05, 4.69) is 44.9 Å². The predicted molar refractivity (Wildman–Crippen MR) is 124 cm³/mol. The predicted octanol–water partition coefficient (Wildman–Crippen LogP) is 4.07. The molecule has 166 valence electrons. The van der Waals surface area contributed by atoms with Crippen molar-refractivity contribution in [2.24, 2.45) is 0 Å². The van der Waals surface area contributed by atoms with Crippen molar-refractivity contribution in [2.75, 3.05) is 6.61 Å². The van der Waals surface area contributed by atoms with E-state index in [1.807, 2.05) is 13.0 Å². The first-order valence-corrected chi connectivity index (χ1v) is 12.1. The lowest BCUT2D eigenvalue weighted by Gasteiger charge is -2.28. The molecule has 1 fully saturated rings. The molecule has 2 aromatic heterocycles. The summed E-state index contributed by atoms with van der Waals surface area (Å²) in [5.41, 5.74) is 5.49. The standard InChI is InChI=1S/C25H27N3O3S/c1-15-14-32-25(26-15)17-8-6-16(7-9-17)12-18-13-21(27-20-10-11-31-23(18)20)24(30)28-19-4-2-3-5-22(19)29/h6-9,13-14,19,22,29H,2-5,10-12H2,1H3,(H,28,30)/t19-,22-/m0/s1. The Labute approximate surface area is 191 Å². The maximum atomic E-state index is 12.9. The number of thiazole rings is 1. The van der Waals surface area contributed by atoms with Gasteiger partial charge in [0.1, 0.15) is 16.5 Å². The Morgan fingerprint density at radius 3 is 2.78 bits per heavy atom. The van der Waals surface area contributed by atoms with E-state index in [9.17, 15) is 9.90 Å². The minimum atomic E-state index is -0.481. The van der Waals surface area contributed by atoms with Crippen LogP contribution in [0, 0.1) is 6.92 Å². The summed E-state index contributed by atoms with van der Waals surface area (Å²) in [6, 6.07) is 10.0. The average molecular weight is 450 g/mol. The Balaban J connectivity index is 1.36. The molecule has 7 heteroatoms. The second-order valence-electron chi connectivity index (χ2n) is 8.64. The van der Waals surface area contributed by atoms with Gasteiger partial charge in [0.2, 0.25) is 0 Å². The largest absolute Gasteiger partial charge is 0.491 e. The zero-order valence-electron chi connectivity index (χ0n) is 18.1. The van der Waals surface area contributed by atoms with Crippen molar-refractivity contribution >= 4 is 17.2 Å². The van der Waals surface area contributed by atoms with Crippen LogP contribution in [0.1, 0.15) is 58.7 Å². The fourth-order valence-electron chi connectivity index (χ4n) is 4.48. The molecule has 6 nitrogen and oxygen atoms in total. The number of aromatic nitrogens is 2. The molecule has 0 spiro atoms. The molecular weight excluding hydrogens is 422 g/mol. The van der Waals surface area contributed by atoms with E-state index in [4.69, 9.17) is 4.74 Å². The Kier molecular flexibility index (Phi) is 5.93. The maximum Gasteiger partial charge on any atom is 0.270 e. The number of amides is 1. The minimum Gasteiger partial charge on any atom is -0.491 e. The number of aryl methyl sites for hydroxylation is 1.